The van der Waals surface area contributed by atoms with Gasteiger partial charge in [0.05, 0.1) is 5.82 Å². The van der Waals surface area contributed by atoms with E-state index in [-0.39, 0.29) is 0 Å². The summed E-state index contributed by atoms with van der Waals surface area (Å²) in [7, 11) is 0. The van der Waals surface area contributed by atoms with Gasteiger partial charge >= 0.3 is 0 Å². The van der Waals surface area contributed by atoms with Gasteiger partial charge in [-0.1, -0.05) is 12.8 Å². The maximum atomic E-state index is 5.60. The van der Waals surface area contributed by atoms with Gasteiger partial charge in [0.15, 0.2) is 0 Å². The molecule has 0 heterocycles. The Morgan fingerprint density at radius 3 is 2.60 bits per heavy atom. The van der Waals surface area contributed by atoms with Crippen LogP contribution in [0, 0.1) is 0 Å². The molecular weight excluding hydrogens is 124 g/mol. The first-order valence-electron chi connectivity index (χ1n) is 4.01. The van der Waals surface area contributed by atoms with Crippen LogP contribution in [-0.2, 0) is 0 Å². The monoisotopic (exact) mass is 140 g/mol. The first-order valence-corrected chi connectivity index (χ1v) is 4.01. The van der Waals surface area contributed by atoms with Gasteiger partial charge in [0, 0.05) is 6.04 Å². The molecule has 0 saturated heterocycles. The molecule has 0 aromatic carbocycles. The van der Waals surface area contributed by atoms with Crippen molar-refractivity contribution in [3.8, 4) is 0 Å². The third-order valence-corrected chi connectivity index (χ3v) is 2.04. The molecule has 0 aliphatic heterocycles. The maximum Gasteiger partial charge on any atom is 0.0918 e. The van der Waals surface area contributed by atoms with Crippen LogP contribution in [-0.4, -0.2) is 6.04 Å². The van der Waals surface area contributed by atoms with E-state index >= 15 is 0 Å². The Hall–Kier alpha value is -0.660. The lowest BCUT2D eigenvalue weighted by Gasteiger charge is -2.12. The molecule has 58 valence electrons. The fourth-order valence-corrected chi connectivity index (χ4v) is 1.39. The van der Waals surface area contributed by atoms with Crippen LogP contribution in [0.25, 0.3) is 0 Å². The van der Waals surface area contributed by atoms with Gasteiger partial charge < -0.3 is 11.1 Å². The molecule has 0 aromatic heterocycles. The SMILES string of the molecule is C/C=C(\N)NC1CCCC1. The van der Waals surface area contributed by atoms with E-state index < -0.39 is 0 Å². The molecule has 10 heavy (non-hydrogen) atoms. The van der Waals surface area contributed by atoms with Crippen molar-refractivity contribution in [3.63, 3.8) is 0 Å². The van der Waals surface area contributed by atoms with Crippen molar-refractivity contribution < 1.29 is 0 Å². The average Bonchev–Trinajstić information content (AvgIpc) is 2.40. The average molecular weight is 140 g/mol. The second-order valence-corrected chi connectivity index (χ2v) is 2.87. The number of hydrogen-bond acceptors (Lipinski definition) is 2. The second-order valence-electron chi connectivity index (χ2n) is 2.87. The molecule has 0 atom stereocenters. The van der Waals surface area contributed by atoms with E-state index in [9.17, 15) is 0 Å². The van der Waals surface area contributed by atoms with Crippen molar-refractivity contribution in [2.45, 2.75) is 38.6 Å². The third-order valence-electron chi connectivity index (χ3n) is 2.04. The third kappa shape index (κ3) is 1.94. The molecule has 1 aliphatic rings. The predicted molar refractivity (Wildman–Crippen MR) is 43.3 cm³/mol. The van der Waals surface area contributed by atoms with Crippen molar-refractivity contribution in [2.24, 2.45) is 5.73 Å². The first kappa shape index (κ1) is 7.45. The molecule has 0 bridgehead atoms. The molecule has 0 aromatic rings. The summed E-state index contributed by atoms with van der Waals surface area (Å²) in [6.45, 7) is 1.96. The van der Waals surface area contributed by atoms with Crippen LogP contribution in [0.2, 0.25) is 0 Å². The van der Waals surface area contributed by atoms with Gasteiger partial charge in [0.1, 0.15) is 0 Å². The van der Waals surface area contributed by atoms with Crippen molar-refractivity contribution in [3.05, 3.63) is 11.9 Å². The summed E-state index contributed by atoms with van der Waals surface area (Å²) in [4.78, 5) is 0. The molecule has 1 rings (SSSR count). The molecule has 1 saturated carbocycles. The number of allylic oxidation sites excluding steroid dienone is 1. The minimum absolute atomic E-state index is 0.649. The van der Waals surface area contributed by atoms with Gasteiger partial charge in [-0.25, -0.2) is 0 Å². The van der Waals surface area contributed by atoms with Gasteiger partial charge in [-0.15, -0.1) is 0 Å². The lowest BCUT2D eigenvalue weighted by atomic mass is 10.2. The lowest BCUT2D eigenvalue weighted by molar-refractivity contribution is 0.580. The molecule has 0 radical (unpaired) electrons. The molecule has 0 amide bonds. The summed E-state index contributed by atoms with van der Waals surface area (Å²) in [6, 6.07) is 0.649. The Bertz CT molecular complexity index is 123. The second kappa shape index (κ2) is 3.49. The molecule has 0 spiro atoms. The summed E-state index contributed by atoms with van der Waals surface area (Å²) < 4.78 is 0. The van der Waals surface area contributed by atoms with E-state index in [0.717, 1.165) is 5.82 Å². The standard InChI is InChI=1S/C8H16N2/c1-2-8(9)10-7-5-3-4-6-7/h2,7,10H,3-6,9H2,1H3/b8-2+. The molecular formula is C8H16N2. The fraction of sp³-hybridized carbons (Fsp3) is 0.750. The largest absolute Gasteiger partial charge is 0.386 e. The number of hydrogen-bond donors (Lipinski definition) is 2. The number of nitrogens with two attached hydrogens (primary N) is 1. The van der Waals surface area contributed by atoms with Crippen molar-refractivity contribution in [1.29, 1.82) is 0 Å². The zero-order valence-corrected chi connectivity index (χ0v) is 6.56. The summed E-state index contributed by atoms with van der Waals surface area (Å²) >= 11 is 0. The van der Waals surface area contributed by atoms with Crippen molar-refractivity contribution in [1.82, 2.24) is 5.32 Å². The van der Waals surface area contributed by atoms with Gasteiger partial charge in [0.25, 0.3) is 0 Å². The highest BCUT2D eigenvalue weighted by molar-refractivity contribution is 4.94. The van der Waals surface area contributed by atoms with E-state index in [1.54, 1.807) is 0 Å². The van der Waals surface area contributed by atoms with E-state index in [4.69, 9.17) is 5.73 Å². The van der Waals surface area contributed by atoms with E-state index in [2.05, 4.69) is 5.32 Å². The van der Waals surface area contributed by atoms with Crippen LogP contribution in [0.4, 0.5) is 0 Å². The van der Waals surface area contributed by atoms with Crippen LogP contribution in [0.1, 0.15) is 32.6 Å². The first-order chi connectivity index (χ1) is 4.83. The Balaban J connectivity index is 2.24. The minimum Gasteiger partial charge on any atom is -0.386 e. The van der Waals surface area contributed by atoms with Gasteiger partial charge in [-0.3, -0.25) is 0 Å². The van der Waals surface area contributed by atoms with Crippen LogP contribution in [0.15, 0.2) is 11.9 Å². The summed E-state index contributed by atoms with van der Waals surface area (Å²) in [5, 5.41) is 3.27. The van der Waals surface area contributed by atoms with E-state index in [0.29, 0.717) is 6.04 Å². The maximum absolute atomic E-state index is 5.60. The molecule has 2 nitrogen and oxygen atoms in total. The number of nitrogens with one attached hydrogen (secondary N) is 1. The van der Waals surface area contributed by atoms with Gasteiger partial charge in [0.2, 0.25) is 0 Å². The van der Waals surface area contributed by atoms with E-state index in [1.807, 2.05) is 13.0 Å². The fourth-order valence-electron chi connectivity index (χ4n) is 1.39. The van der Waals surface area contributed by atoms with Crippen molar-refractivity contribution >= 4 is 0 Å². The molecule has 1 fully saturated rings. The normalized spacial score (nSPS) is 21.5. The van der Waals surface area contributed by atoms with Gasteiger partial charge in [-0.2, -0.15) is 0 Å². The lowest BCUT2D eigenvalue weighted by Crippen LogP contribution is -2.29. The highest BCUT2D eigenvalue weighted by Crippen LogP contribution is 2.17. The smallest absolute Gasteiger partial charge is 0.0918 e. The Morgan fingerprint density at radius 1 is 1.50 bits per heavy atom. The van der Waals surface area contributed by atoms with Crippen molar-refractivity contribution in [2.75, 3.05) is 0 Å². The highest BCUT2D eigenvalue weighted by atomic mass is 15.0. The van der Waals surface area contributed by atoms with E-state index in [1.165, 1.54) is 25.7 Å². The number of rotatable bonds is 2. The Kier molecular flexibility index (Phi) is 2.60. The van der Waals surface area contributed by atoms with Crippen LogP contribution < -0.4 is 11.1 Å². The summed E-state index contributed by atoms with van der Waals surface area (Å²) in [6.07, 6.45) is 7.20. The summed E-state index contributed by atoms with van der Waals surface area (Å²) in [5.74, 6) is 0.826. The zero-order chi connectivity index (χ0) is 7.40. The predicted octanol–water partition coefficient (Wildman–Crippen LogP) is 1.34. The van der Waals surface area contributed by atoms with Crippen LogP contribution in [0.3, 0.4) is 0 Å². The molecule has 2 heteroatoms. The quantitative estimate of drug-likeness (QED) is 0.607. The summed E-state index contributed by atoms with van der Waals surface area (Å²) in [5.41, 5.74) is 5.60. The van der Waals surface area contributed by atoms with Crippen LogP contribution in [0.5, 0.6) is 0 Å². The Labute approximate surface area is 62.5 Å². The van der Waals surface area contributed by atoms with Gasteiger partial charge in [-0.05, 0) is 25.8 Å². The molecule has 0 unspecified atom stereocenters. The molecule has 3 N–H and O–H groups in total. The minimum atomic E-state index is 0.649. The topological polar surface area (TPSA) is 38.0 Å². The van der Waals surface area contributed by atoms with Crippen LogP contribution >= 0.6 is 0 Å². The zero-order valence-electron chi connectivity index (χ0n) is 6.56. The Morgan fingerprint density at radius 2 is 2.10 bits per heavy atom. The highest BCUT2D eigenvalue weighted by Gasteiger charge is 2.13. The molecule has 1 aliphatic carbocycles.